The highest BCUT2D eigenvalue weighted by Crippen LogP contribution is 2.49. The Morgan fingerprint density at radius 3 is 2.55 bits per heavy atom. The van der Waals surface area contributed by atoms with Crippen molar-refractivity contribution in [3.05, 3.63) is 64.2 Å². The van der Waals surface area contributed by atoms with Crippen LogP contribution in [0.1, 0.15) is 119 Å². The first kappa shape index (κ1) is 38.6. The first-order chi connectivity index (χ1) is 25.3. The van der Waals surface area contributed by atoms with Crippen LogP contribution in [0, 0.1) is 29.6 Å². The Morgan fingerprint density at radius 1 is 1.00 bits per heavy atom. The summed E-state index contributed by atoms with van der Waals surface area (Å²) >= 11 is 0. The highest BCUT2D eigenvalue weighted by atomic mass is 16.6. The van der Waals surface area contributed by atoms with Crippen LogP contribution in [-0.4, -0.2) is 62.5 Å². The summed E-state index contributed by atoms with van der Waals surface area (Å²) in [6.45, 7) is 5.95. The number of hydrogen-bond donors (Lipinski definition) is 5. The third kappa shape index (κ3) is 8.97. The summed E-state index contributed by atoms with van der Waals surface area (Å²) < 4.78 is 12.0. The molecule has 6 rings (SSSR count). The van der Waals surface area contributed by atoms with Crippen LogP contribution in [0.2, 0.25) is 0 Å². The van der Waals surface area contributed by atoms with Crippen LogP contribution in [0.4, 0.5) is 5.69 Å². The SMILES string of the molecule is CC(C)CCC=C1C[C@H](c2cc(CO)cc(NC[C@H](C)O)c2)C#C[C@H]2CC(=O)Oc3cc(O)c(cc32)C[C@H]([C@@]2(O)CCC[C@H]3CC(=O)CC[C@@H]32)OC1=O. The number of esters is 2. The van der Waals surface area contributed by atoms with Crippen molar-refractivity contribution in [2.45, 2.75) is 128 Å². The molecule has 0 aromatic heterocycles. The first-order valence-electron chi connectivity index (χ1n) is 19.2. The van der Waals surface area contributed by atoms with E-state index in [1.807, 2.05) is 18.2 Å². The molecule has 0 amide bonds. The zero-order valence-electron chi connectivity index (χ0n) is 31.0. The van der Waals surface area contributed by atoms with Crippen molar-refractivity contribution in [1.82, 2.24) is 0 Å². The molecule has 0 spiro atoms. The van der Waals surface area contributed by atoms with E-state index in [1.54, 1.807) is 19.1 Å². The lowest BCUT2D eigenvalue weighted by atomic mass is 9.60. The van der Waals surface area contributed by atoms with Crippen LogP contribution in [0.25, 0.3) is 0 Å². The Morgan fingerprint density at radius 2 is 1.79 bits per heavy atom. The molecule has 2 aliphatic carbocycles. The van der Waals surface area contributed by atoms with E-state index >= 15 is 0 Å². The van der Waals surface area contributed by atoms with Gasteiger partial charge in [0.25, 0.3) is 0 Å². The van der Waals surface area contributed by atoms with E-state index in [0.29, 0.717) is 72.4 Å². The standard InChI is InChI=1S/C43H53NO9/c1-25(2)6-4-7-31-16-28(32-14-27(24-45)15-34(17-32)44-23-26(3)46)9-10-29-21-41(49)52-39-22-38(48)33(19-36(29)39)20-40(53-42(31)50)43(51)13-5-8-30-18-35(47)11-12-37(30)43/h7,14-15,17,19,22,25-26,28-30,37,40,44-46,48,51H,4-6,8,11-13,16,18,20-21,23-24H2,1-3H3/t26-,28+,29-,30-,37-,40+,43+/m0/s1. The number of carbonyl (C=O) groups is 3. The van der Waals surface area contributed by atoms with Crippen molar-refractivity contribution in [2.24, 2.45) is 17.8 Å². The molecule has 2 bridgehead atoms. The molecule has 2 saturated carbocycles. The molecule has 10 nitrogen and oxygen atoms in total. The number of cyclic esters (lactones) is 1. The van der Waals surface area contributed by atoms with E-state index in [4.69, 9.17) is 9.47 Å². The number of ether oxygens (including phenoxy) is 2. The van der Waals surface area contributed by atoms with Crippen molar-refractivity contribution >= 4 is 23.4 Å². The molecule has 2 fully saturated rings. The summed E-state index contributed by atoms with van der Waals surface area (Å²) in [6.07, 6.45) is 5.01. The van der Waals surface area contributed by atoms with Gasteiger partial charge in [-0.2, -0.15) is 0 Å². The largest absolute Gasteiger partial charge is 0.508 e. The van der Waals surface area contributed by atoms with E-state index in [-0.39, 0.29) is 61.5 Å². The van der Waals surface area contributed by atoms with Gasteiger partial charge in [-0.15, -0.1) is 0 Å². The van der Waals surface area contributed by atoms with Gasteiger partial charge in [0.1, 0.15) is 29.0 Å². The lowest BCUT2D eigenvalue weighted by Crippen LogP contribution is -2.57. The van der Waals surface area contributed by atoms with Crippen LogP contribution < -0.4 is 10.1 Å². The number of fused-ring (bicyclic) bond motifs is 2. The molecule has 4 aliphatic rings. The average Bonchev–Trinajstić information content (AvgIpc) is 3.11. The van der Waals surface area contributed by atoms with Crippen LogP contribution in [0.3, 0.4) is 0 Å². The topological polar surface area (TPSA) is 163 Å². The minimum Gasteiger partial charge on any atom is -0.508 e. The second-order valence-corrected chi connectivity index (χ2v) is 16.0. The number of aliphatic hydroxyl groups is 3. The highest BCUT2D eigenvalue weighted by Gasteiger charge is 2.53. The molecule has 53 heavy (non-hydrogen) atoms. The number of phenolic OH excluding ortho intramolecular Hbond substituents is 1. The molecule has 2 aromatic carbocycles. The Hall–Kier alpha value is -4.17. The highest BCUT2D eigenvalue weighted by molar-refractivity contribution is 5.89. The molecule has 0 radical (unpaired) electrons. The van der Waals surface area contributed by atoms with Gasteiger partial charge in [0.2, 0.25) is 0 Å². The molecule has 7 atom stereocenters. The fraction of sp³-hybridized carbons (Fsp3) is 0.558. The molecule has 5 N–H and O–H groups in total. The van der Waals surface area contributed by atoms with E-state index in [0.717, 1.165) is 18.4 Å². The van der Waals surface area contributed by atoms with Crippen molar-refractivity contribution in [3.8, 4) is 23.3 Å². The fourth-order valence-electron chi connectivity index (χ4n) is 8.63. The number of aliphatic hydroxyl groups excluding tert-OH is 2. The summed E-state index contributed by atoms with van der Waals surface area (Å²) in [5.41, 5.74) is 2.07. The lowest BCUT2D eigenvalue weighted by molar-refractivity contribution is -0.187. The average molecular weight is 728 g/mol. The van der Waals surface area contributed by atoms with Gasteiger partial charge in [-0.25, -0.2) is 4.79 Å². The van der Waals surface area contributed by atoms with E-state index < -0.39 is 41.6 Å². The molecule has 0 unspecified atom stereocenters. The maximum absolute atomic E-state index is 14.6. The van der Waals surface area contributed by atoms with Crippen LogP contribution >= 0.6 is 0 Å². The Kier molecular flexibility index (Phi) is 12.0. The summed E-state index contributed by atoms with van der Waals surface area (Å²) in [5.74, 6) is 4.89. The maximum Gasteiger partial charge on any atom is 0.334 e. The molecule has 10 heteroatoms. The third-order valence-electron chi connectivity index (χ3n) is 11.4. The normalized spacial score (nSPS) is 28.7. The molecule has 284 valence electrons. The number of carbonyl (C=O) groups excluding carboxylic acids is 3. The number of anilines is 1. The van der Waals surface area contributed by atoms with Crippen molar-refractivity contribution < 1.29 is 44.3 Å². The van der Waals surface area contributed by atoms with Gasteiger partial charge < -0.3 is 35.2 Å². The first-order valence-corrected chi connectivity index (χ1v) is 19.2. The second kappa shape index (κ2) is 16.5. The molecule has 2 aliphatic heterocycles. The number of aromatic hydroxyl groups is 1. The van der Waals surface area contributed by atoms with Gasteiger partial charge in [0.05, 0.1) is 25.0 Å². The van der Waals surface area contributed by atoms with Crippen molar-refractivity contribution in [2.75, 3.05) is 11.9 Å². The molecule has 2 aromatic rings. The number of nitrogens with one attached hydrogen (secondary N) is 1. The van der Waals surface area contributed by atoms with Crippen LogP contribution in [0.15, 0.2) is 42.0 Å². The predicted molar refractivity (Wildman–Crippen MR) is 199 cm³/mol. The third-order valence-corrected chi connectivity index (χ3v) is 11.4. The van der Waals surface area contributed by atoms with Crippen molar-refractivity contribution in [3.63, 3.8) is 0 Å². The smallest absolute Gasteiger partial charge is 0.334 e. The number of phenols is 1. The maximum atomic E-state index is 14.6. The summed E-state index contributed by atoms with van der Waals surface area (Å²) in [7, 11) is 0. The van der Waals surface area contributed by atoms with E-state index in [1.165, 1.54) is 6.07 Å². The van der Waals surface area contributed by atoms with Crippen molar-refractivity contribution in [1.29, 1.82) is 0 Å². The van der Waals surface area contributed by atoms with Gasteiger partial charge >= 0.3 is 11.9 Å². The monoisotopic (exact) mass is 727 g/mol. The number of rotatable bonds is 9. The Bertz CT molecular complexity index is 1800. The van der Waals surface area contributed by atoms with E-state index in [2.05, 4.69) is 31.0 Å². The van der Waals surface area contributed by atoms with E-state index in [9.17, 15) is 34.8 Å². The number of hydrogen-bond acceptors (Lipinski definition) is 10. The zero-order valence-corrected chi connectivity index (χ0v) is 31.0. The Balaban J connectivity index is 1.49. The summed E-state index contributed by atoms with van der Waals surface area (Å²) in [5, 5.41) is 47.4. The minimum atomic E-state index is -1.44. The van der Waals surface area contributed by atoms with Gasteiger partial charge in [0, 0.05) is 54.6 Å². The Labute approximate surface area is 312 Å². The lowest BCUT2D eigenvalue weighted by Gasteiger charge is -2.50. The molecular formula is C43H53NO9. The quantitative estimate of drug-likeness (QED) is 0.0900. The zero-order chi connectivity index (χ0) is 37.9. The molecule has 0 saturated heterocycles. The molecular weight excluding hydrogens is 674 g/mol. The van der Waals surface area contributed by atoms with Gasteiger partial charge in [-0.1, -0.05) is 44.3 Å². The summed E-state index contributed by atoms with van der Waals surface area (Å²) in [6, 6.07) is 8.70. The molecule has 2 heterocycles. The van der Waals surface area contributed by atoms with Gasteiger partial charge in [0.15, 0.2) is 0 Å². The number of benzene rings is 2. The number of Topliss-reactive ketones (excluding diaryl/α,β-unsaturated/α-hetero) is 1. The van der Waals surface area contributed by atoms with Crippen LogP contribution in [-0.2, 0) is 32.1 Å². The van der Waals surface area contributed by atoms with Gasteiger partial charge in [-0.05, 0) is 98.1 Å². The van der Waals surface area contributed by atoms with Gasteiger partial charge in [-0.3, -0.25) is 9.59 Å². The fourth-order valence-corrected chi connectivity index (χ4v) is 8.63. The minimum absolute atomic E-state index is 0.00747. The predicted octanol–water partition coefficient (Wildman–Crippen LogP) is 5.98. The summed E-state index contributed by atoms with van der Waals surface area (Å²) in [4.78, 5) is 39.9. The number of allylic oxidation sites excluding steroid dienone is 1. The number of ketones is 1. The van der Waals surface area contributed by atoms with Crippen LogP contribution in [0.5, 0.6) is 11.5 Å². The second-order valence-electron chi connectivity index (χ2n) is 16.0.